The normalized spacial score (nSPS) is 24.9. The molecular formula is C14H23N3. The molecule has 1 aliphatic carbocycles. The van der Waals surface area contributed by atoms with E-state index in [1.807, 2.05) is 0 Å². The Morgan fingerprint density at radius 2 is 2.12 bits per heavy atom. The van der Waals surface area contributed by atoms with Gasteiger partial charge in [0.05, 0.1) is 0 Å². The lowest BCUT2D eigenvalue weighted by atomic mass is 9.87. The first-order valence-corrected chi connectivity index (χ1v) is 6.73. The van der Waals surface area contributed by atoms with Gasteiger partial charge < -0.3 is 5.32 Å². The van der Waals surface area contributed by atoms with Crippen molar-refractivity contribution in [3.63, 3.8) is 0 Å². The van der Waals surface area contributed by atoms with Crippen molar-refractivity contribution >= 4 is 5.82 Å². The van der Waals surface area contributed by atoms with Crippen LogP contribution in [-0.4, -0.2) is 16.0 Å². The van der Waals surface area contributed by atoms with E-state index in [9.17, 15) is 0 Å². The maximum atomic E-state index is 4.32. The molecular weight excluding hydrogens is 210 g/mol. The van der Waals surface area contributed by atoms with Gasteiger partial charge in [-0.1, -0.05) is 33.6 Å². The summed E-state index contributed by atoms with van der Waals surface area (Å²) in [7, 11) is 0. The molecule has 0 bridgehead atoms. The average Bonchev–Trinajstić information content (AvgIpc) is 2.29. The summed E-state index contributed by atoms with van der Waals surface area (Å²) < 4.78 is 0. The molecule has 0 saturated heterocycles. The van der Waals surface area contributed by atoms with E-state index in [1.54, 1.807) is 6.33 Å². The molecule has 3 heteroatoms. The van der Waals surface area contributed by atoms with Crippen LogP contribution in [0.15, 0.2) is 12.4 Å². The van der Waals surface area contributed by atoms with Crippen molar-refractivity contribution in [1.29, 1.82) is 0 Å². The minimum Gasteiger partial charge on any atom is -0.367 e. The highest BCUT2D eigenvalue weighted by Crippen LogP contribution is 2.26. The van der Waals surface area contributed by atoms with Gasteiger partial charge in [0, 0.05) is 17.8 Å². The first-order chi connectivity index (χ1) is 8.15. The van der Waals surface area contributed by atoms with E-state index in [-0.39, 0.29) is 0 Å². The van der Waals surface area contributed by atoms with Gasteiger partial charge in [0.15, 0.2) is 0 Å². The highest BCUT2D eigenvalue weighted by molar-refractivity contribution is 5.36. The van der Waals surface area contributed by atoms with Gasteiger partial charge in [-0.25, -0.2) is 9.97 Å². The second-order valence-electron chi connectivity index (χ2n) is 5.60. The van der Waals surface area contributed by atoms with Gasteiger partial charge in [-0.15, -0.1) is 0 Å². The van der Waals surface area contributed by atoms with Crippen molar-refractivity contribution in [2.24, 2.45) is 5.92 Å². The molecule has 2 rings (SSSR count). The molecule has 1 aliphatic rings. The fraction of sp³-hybridized carbons (Fsp3) is 0.714. The molecule has 3 nitrogen and oxygen atoms in total. The largest absolute Gasteiger partial charge is 0.367 e. The molecule has 0 aromatic carbocycles. The van der Waals surface area contributed by atoms with E-state index in [1.165, 1.54) is 25.7 Å². The third kappa shape index (κ3) is 3.42. The molecule has 1 heterocycles. The Kier molecular flexibility index (Phi) is 3.97. The molecule has 94 valence electrons. The highest BCUT2D eigenvalue weighted by atomic mass is 15.0. The quantitative estimate of drug-likeness (QED) is 0.867. The maximum absolute atomic E-state index is 4.32. The van der Waals surface area contributed by atoms with Crippen LogP contribution in [0.2, 0.25) is 0 Å². The maximum Gasteiger partial charge on any atom is 0.129 e. The first-order valence-electron chi connectivity index (χ1n) is 6.73. The Morgan fingerprint density at radius 3 is 2.82 bits per heavy atom. The number of anilines is 1. The van der Waals surface area contributed by atoms with Gasteiger partial charge >= 0.3 is 0 Å². The van der Waals surface area contributed by atoms with Crippen LogP contribution in [0.5, 0.6) is 0 Å². The number of nitrogens with one attached hydrogen (secondary N) is 1. The van der Waals surface area contributed by atoms with Crippen LogP contribution in [0.3, 0.4) is 0 Å². The summed E-state index contributed by atoms with van der Waals surface area (Å²) in [6, 6.07) is 2.68. The Balaban J connectivity index is 2.00. The van der Waals surface area contributed by atoms with Crippen LogP contribution in [0.4, 0.5) is 5.82 Å². The van der Waals surface area contributed by atoms with Crippen molar-refractivity contribution in [1.82, 2.24) is 9.97 Å². The fourth-order valence-electron chi connectivity index (χ4n) is 2.54. The van der Waals surface area contributed by atoms with Crippen LogP contribution in [0.1, 0.15) is 58.1 Å². The van der Waals surface area contributed by atoms with Crippen molar-refractivity contribution in [2.75, 3.05) is 5.32 Å². The predicted octanol–water partition coefficient (Wildman–Crippen LogP) is 3.59. The van der Waals surface area contributed by atoms with E-state index in [0.29, 0.717) is 12.0 Å². The lowest BCUT2D eigenvalue weighted by Gasteiger charge is -2.27. The van der Waals surface area contributed by atoms with Crippen molar-refractivity contribution < 1.29 is 0 Å². The Labute approximate surface area is 104 Å². The van der Waals surface area contributed by atoms with Crippen LogP contribution in [0, 0.1) is 5.92 Å². The SMILES string of the molecule is CC1CCCC(Nc2cc(C(C)C)ncn2)C1. The molecule has 0 aliphatic heterocycles. The van der Waals surface area contributed by atoms with Crippen LogP contribution in [-0.2, 0) is 0 Å². The molecule has 1 fully saturated rings. The number of rotatable bonds is 3. The van der Waals surface area contributed by atoms with E-state index in [4.69, 9.17) is 0 Å². The van der Waals surface area contributed by atoms with Crippen LogP contribution < -0.4 is 5.32 Å². The van der Waals surface area contributed by atoms with Gasteiger partial charge in [-0.05, 0) is 24.7 Å². The number of hydrogen-bond acceptors (Lipinski definition) is 3. The minimum absolute atomic E-state index is 0.462. The summed E-state index contributed by atoms with van der Waals surface area (Å²) >= 11 is 0. The molecule has 2 atom stereocenters. The molecule has 17 heavy (non-hydrogen) atoms. The van der Waals surface area contributed by atoms with Crippen molar-refractivity contribution in [3.05, 3.63) is 18.1 Å². The third-order valence-electron chi connectivity index (χ3n) is 3.57. The average molecular weight is 233 g/mol. The molecule has 1 aromatic rings. The van der Waals surface area contributed by atoms with Gasteiger partial charge in [-0.2, -0.15) is 0 Å². The zero-order chi connectivity index (χ0) is 12.3. The third-order valence-corrected chi connectivity index (χ3v) is 3.57. The number of aromatic nitrogens is 2. The van der Waals surface area contributed by atoms with Crippen LogP contribution in [0.25, 0.3) is 0 Å². The fourth-order valence-corrected chi connectivity index (χ4v) is 2.54. The minimum atomic E-state index is 0.462. The molecule has 0 spiro atoms. The monoisotopic (exact) mass is 233 g/mol. The summed E-state index contributed by atoms with van der Waals surface area (Å²) in [5.74, 6) is 2.29. The zero-order valence-electron chi connectivity index (χ0n) is 11.1. The van der Waals surface area contributed by atoms with Crippen molar-refractivity contribution in [3.8, 4) is 0 Å². The van der Waals surface area contributed by atoms with Crippen LogP contribution >= 0.6 is 0 Å². The standard InChI is InChI=1S/C14H23N3/c1-10(2)13-8-14(16-9-15-13)17-12-6-4-5-11(3)7-12/h8-12H,4-7H2,1-3H3,(H,15,16,17). The van der Waals surface area contributed by atoms with E-state index < -0.39 is 0 Å². The number of hydrogen-bond donors (Lipinski definition) is 1. The Hall–Kier alpha value is -1.12. The lowest BCUT2D eigenvalue weighted by molar-refractivity contribution is 0.358. The summed E-state index contributed by atoms with van der Waals surface area (Å²) in [5.41, 5.74) is 1.12. The Bertz CT molecular complexity index is 362. The molecule has 1 N–H and O–H groups in total. The molecule has 1 aromatic heterocycles. The molecule has 2 unspecified atom stereocenters. The summed E-state index contributed by atoms with van der Waals surface area (Å²) in [6.45, 7) is 6.66. The zero-order valence-corrected chi connectivity index (χ0v) is 11.1. The second-order valence-corrected chi connectivity index (χ2v) is 5.60. The van der Waals surface area contributed by atoms with Gasteiger partial charge in [0.25, 0.3) is 0 Å². The second kappa shape index (κ2) is 5.48. The molecule has 0 amide bonds. The predicted molar refractivity (Wildman–Crippen MR) is 71.2 cm³/mol. The number of nitrogens with zero attached hydrogens (tertiary/aromatic N) is 2. The van der Waals surface area contributed by atoms with E-state index in [0.717, 1.165) is 17.4 Å². The summed E-state index contributed by atoms with van der Waals surface area (Å²) in [6.07, 6.45) is 6.91. The smallest absolute Gasteiger partial charge is 0.129 e. The summed E-state index contributed by atoms with van der Waals surface area (Å²) in [4.78, 5) is 8.61. The van der Waals surface area contributed by atoms with E-state index >= 15 is 0 Å². The highest BCUT2D eigenvalue weighted by Gasteiger charge is 2.19. The van der Waals surface area contributed by atoms with Gasteiger partial charge in [0.1, 0.15) is 12.1 Å². The summed E-state index contributed by atoms with van der Waals surface area (Å²) in [5, 5.41) is 3.56. The van der Waals surface area contributed by atoms with Crippen molar-refractivity contribution in [2.45, 2.75) is 58.4 Å². The van der Waals surface area contributed by atoms with Gasteiger partial charge in [0.2, 0.25) is 0 Å². The van der Waals surface area contributed by atoms with E-state index in [2.05, 4.69) is 42.1 Å². The topological polar surface area (TPSA) is 37.8 Å². The Morgan fingerprint density at radius 1 is 1.29 bits per heavy atom. The molecule has 1 saturated carbocycles. The first kappa shape index (κ1) is 12.3. The van der Waals surface area contributed by atoms with Gasteiger partial charge in [-0.3, -0.25) is 0 Å². The lowest BCUT2D eigenvalue weighted by Crippen LogP contribution is -2.26. The molecule has 0 radical (unpaired) electrons.